The molecule has 7 nitrogen and oxygen atoms in total. The molecule has 0 saturated heterocycles. The smallest absolute Gasteiger partial charge is 0.308 e. The maximum atomic E-state index is 13.5. The third kappa shape index (κ3) is 5.33. The average molecular weight is 384 g/mol. The molecule has 1 heterocycles. The summed E-state index contributed by atoms with van der Waals surface area (Å²) in [5, 5.41) is 4.41. The van der Waals surface area contributed by atoms with E-state index in [1.165, 1.54) is 25.3 Å². The Morgan fingerprint density at radius 1 is 1.15 bits per heavy atom. The molecule has 0 aliphatic rings. The molecule has 0 aliphatic heterocycles. The molecule has 0 unspecified atom stereocenters. The highest BCUT2D eigenvalue weighted by Gasteiger charge is 2.21. The summed E-state index contributed by atoms with van der Waals surface area (Å²) in [7, 11) is 0. The second kappa shape index (κ2) is 8.88. The fourth-order valence-corrected chi connectivity index (χ4v) is 1.94. The molecule has 2 aromatic rings. The normalized spacial score (nSPS) is 11.6. The number of nitrogens with one attached hydrogen (secondary N) is 2. The van der Waals surface area contributed by atoms with Gasteiger partial charge in [-0.05, 0) is 31.2 Å². The van der Waals surface area contributed by atoms with Gasteiger partial charge in [0, 0.05) is 6.54 Å². The maximum Gasteiger partial charge on any atom is 0.308 e. The van der Waals surface area contributed by atoms with Crippen LogP contribution in [0.5, 0.6) is 0 Å². The van der Waals surface area contributed by atoms with Gasteiger partial charge in [-0.1, -0.05) is 0 Å². The van der Waals surface area contributed by atoms with Crippen molar-refractivity contribution in [1.82, 2.24) is 5.32 Å². The first kappa shape index (κ1) is 20.0. The Bertz CT molecular complexity index is 839. The predicted molar refractivity (Wildman–Crippen MR) is 86.2 cm³/mol. The molecule has 2 amide bonds. The lowest BCUT2D eigenvalue weighted by atomic mass is 10.2. The number of amides is 2. The summed E-state index contributed by atoms with van der Waals surface area (Å²) < 4.78 is 49.2. The molecular formula is C17H15F3N2O5. The van der Waals surface area contributed by atoms with Crippen LogP contribution in [0.3, 0.4) is 0 Å². The lowest BCUT2D eigenvalue weighted by molar-refractivity contribution is -0.153. The summed E-state index contributed by atoms with van der Waals surface area (Å²) in [6.07, 6.45) is -0.242. The lowest BCUT2D eigenvalue weighted by Crippen LogP contribution is -2.32. The summed E-state index contributed by atoms with van der Waals surface area (Å²) >= 11 is 0. The number of halogens is 3. The average Bonchev–Trinajstić information content (AvgIpc) is 3.16. The summed E-state index contributed by atoms with van der Waals surface area (Å²) in [6, 6.07) is 4.45. The summed E-state index contributed by atoms with van der Waals surface area (Å²) in [4.78, 5) is 35.2. The number of anilines is 1. The molecule has 2 rings (SSSR count). The molecule has 0 saturated carbocycles. The van der Waals surface area contributed by atoms with Crippen LogP contribution in [0.4, 0.5) is 18.9 Å². The van der Waals surface area contributed by atoms with Gasteiger partial charge in [0.15, 0.2) is 29.3 Å². The third-order valence-corrected chi connectivity index (χ3v) is 3.33. The van der Waals surface area contributed by atoms with Crippen LogP contribution in [0.25, 0.3) is 0 Å². The van der Waals surface area contributed by atoms with E-state index in [4.69, 9.17) is 9.15 Å². The van der Waals surface area contributed by atoms with E-state index >= 15 is 0 Å². The van der Waals surface area contributed by atoms with Crippen molar-refractivity contribution in [2.75, 3.05) is 11.9 Å². The first-order valence-corrected chi connectivity index (χ1v) is 7.75. The number of ether oxygens (including phenoxy) is 1. The van der Waals surface area contributed by atoms with Crippen molar-refractivity contribution in [3.8, 4) is 0 Å². The molecule has 1 aromatic carbocycles. The van der Waals surface area contributed by atoms with Crippen LogP contribution in [0, 0.1) is 17.5 Å². The summed E-state index contributed by atoms with van der Waals surface area (Å²) in [5.74, 6) is -6.89. The number of hydrogen-bond acceptors (Lipinski definition) is 5. The van der Waals surface area contributed by atoms with Gasteiger partial charge in [0.25, 0.3) is 11.8 Å². The minimum atomic E-state index is -1.73. The van der Waals surface area contributed by atoms with E-state index in [1.54, 1.807) is 0 Å². The van der Waals surface area contributed by atoms with E-state index in [9.17, 15) is 27.6 Å². The Kier molecular flexibility index (Phi) is 6.58. The first-order chi connectivity index (χ1) is 12.8. The van der Waals surface area contributed by atoms with E-state index in [0.717, 1.165) is 6.07 Å². The van der Waals surface area contributed by atoms with Crippen LogP contribution in [0.1, 0.15) is 23.9 Å². The summed E-state index contributed by atoms with van der Waals surface area (Å²) in [6.45, 7) is 1.15. The van der Waals surface area contributed by atoms with E-state index in [1.807, 2.05) is 5.32 Å². The van der Waals surface area contributed by atoms with Crippen molar-refractivity contribution in [2.45, 2.75) is 19.4 Å². The van der Waals surface area contributed by atoms with Gasteiger partial charge in [-0.15, -0.1) is 0 Å². The Balaban J connectivity index is 1.79. The number of furan rings is 1. The third-order valence-electron chi connectivity index (χ3n) is 3.33. The monoisotopic (exact) mass is 384 g/mol. The number of hydrogen-bond donors (Lipinski definition) is 2. The quantitative estimate of drug-likeness (QED) is 0.564. The van der Waals surface area contributed by atoms with Crippen molar-refractivity contribution in [3.63, 3.8) is 0 Å². The highest BCUT2D eigenvalue weighted by Crippen LogP contribution is 2.19. The summed E-state index contributed by atoms with van der Waals surface area (Å²) in [5.41, 5.74) is -0.590. The molecule has 1 aromatic heterocycles. The predicted octanol–water partition coefficient (Wildman–Crippen LogP) is 2.39. The highest BCUT2D eigenvalue weighted by molar-refractivity contribution is 5.95. The van der Waals surface area contributed by atoms with Gasteiger partial charge in [0.05, 0.1) is 18.4 Å². The van der Waals surface area contributed by atoms with E-state index < -0.39 is 47.0 Å². The zero-order chi connectivity index (χ0) is 20.0. The van der Waals surface area contributed by atoms with Gasteiger partial charge in [0.1, 0.15) is 0 Å². The Morgan fingerprint density at radius 3 is 2.56 bits per heavy atom. The zero-order valence-electron chi connectivity index (χ0n) is 14.1. The van der Waals surface area contributed by atoms with Crippen LogP contribution in [-0.4, -0.2) is 30.4 Å². The van der Waals surface area contributed by atoms with Gasteiger partial charge < -0.3 is 19.8 Å². The highest BCUT2D eigenvalue weighted by atomic mass is 19.2. The number of carbonyl (C=O) groups is 3. The van der Waals surface area contributed by atoms with E-state index in [-0.39, 0.29) is 18.7 Å². The number of rotatable bonds is 7. The van der Waals surface area contributed by atoms with Gasteiger partial charge >= 0.3 is 5.97 Å². The second-order valence-corrected chi connectivity index (χ2v) is 5.33. The van der Waals surface area contributed by atoms with Crippen molar-refractivity contribution in [1.29, 1.82) is 0 Å². The van der Waals surface area contributed by atoms with Crippen LogP contribution >= 0.6 is 0 Å². The van der Waals surface area contributed by atoms with Gasteiger partial charge in [-0.2, -0.15) is 0 Å². The molecule has 0 aliphatic carbocycles. The van der Waals surface area contributed by atoms with Gasteiger partial charge in [0.2, 0.25) is 0 Å². The fourth-order valence-electron chi connectivity index (χ4n) is 1.94. The molecule has 0 radical (unpaired) electrons. The SMILES string of the molecule is C[C@@H](OC(=O)CCNC(=O)c1ccco1)C(=O)Nc1ccc(F)c(F)c1F. The van der Waals surface area contributed by atoms with Crippen molar-refractivity contribution in [3.05, 3.63) is 53.7 Å². The maximum absolute atomic E-state index is 13.5. The molecule has 144 valence electrons. The Morgan fingerprint density at radius 2 is 1.89 bits per heavy atom. The number of benzene rings is 1. The Labute approximate surface area is 151 Å². The van der Waals surface area contributed by atoms with Crippen molar-refractivity contribution in [2.24, 2.45) is 0 Å². The molecule has 2 N–H and O–H groups in total. The Hall–Kier alpha value is -3.30. The largest absolute Gasteiger partial charge is 0.459 e. The molecule has 0 bridgehead atoms. The van der Waals surface area contributed by atoms with Crippen LogP contribution in [0.2, 0.25) is 0 Å². The fraction of sp³-hybridized carbons (Fsp3) is 0.235. The molecule has 0 spiro atoms. The topological polar surface area (TPSA) is 97.6 Å². The van der Waals surface area contributed by atoms with Crippen LogP contribution in [-0.2, 0) is 14.3 Å². The van der Waals surface area contributed by atoms with Crippen LogP contribution < -0.4 is 10.6 Å². The van der Waals surface area contributed by atoms with Crippen molar-refractivity contribution >= 4 is 23.5 Å². The number of carbonyl (C=O) groups excluding carboxylic acids is 3. The standard InChI is InChI=1S/C17H15F3N2O5/c1-9(16(24)22-11-5-4-10(18)14(19)15(11)20)27-13(23)6-7-21-17(25)12-3-2-8-26-12/h2-5,8-9H,6-7H2,1H3,(H,21,25)(H,22,24)/t9-/m1/s1. The zero-order valence-corrected chi connectivity index (χ0v) is 14.1. The lowest BCUT2D eigenvalue weighted by Gasteiger charge is -2.14. The second-order valence-electron chi connectivity index (χ2n) is 5.33. The minimum Gasteiger partial charge on any atom is -0.459 e. The molecular weight excluding hydrogens is 369 g/mol. The van der Waals surface area contributed by atoms with Crippen molar-refractivity contribution < 1.29 is 36.7 Å². The van der Waals surface area contributed by atoms with E-state index in [2.05, 4.69) is 5.32 Å². The molecule has 0 fully saturated rings. The van der Waals surface area contributed by atoms with Gasteiger partial charge in [-0.3, -0.25) is 14.4 Å². The van der Waals surface area contributed by atoms with E-state index in [0.29, 0.717) is 6.07 Å². The van der Waals surface area contributed by atoms with Gasteiger partial charge in [-0.25, -0.2) is 13.2 Å². The first-order valence-electron chi connectivity index (χ1n) is 7.75. The number of esters is 1. The minimum absolute atomic E-state index is 0.0650. The molecule has 10 heteroatoms. The van der Waals surface area contributed by atoms with Crippen LogP contribution in [0.15, 0.2) is 34.9 Å². The molecule has 1 atom stereocenters. The molecule has 27 heavy (non-hydrogen) atoms.